The van der Waals surface area contributed by atoms with Crippen molar-refractivity contribution in [3.8, 4) is 0 Å². The maximum absolute atomic E-state index is 11.3. The van der Waals surface area contributed by atoms with Crippen LogP contribution in [0.15, 0.2) is 24.3 Å². The lowest BCUT2D eigenvalue weighted by Gasteiger charge is -2.06. The number of carbonyl (C=O) groups excluding carboxylic acids is 1. The first-order chi connectivity index (χ1) is 6.27. The molecule has 1 atom stereocenters. The third kappa shape index (κ3) is 1.55. The van der Waals surface area contributed by atoms with E-state index in [1.165, 1.54) is 5.56 Å². The molecule has 68 valence electrons. The third-order valence-electron chi connectivity index (χ3n) is 2.34. The van der Waals surface area contributed by atoms with Crippen LogP contribution in [0.3, 0.4) is 0 Å². The van der Waals surface area contributed by atoms with E-state index >= 15 is 0 Å². The first kappa shape index (κ1) is 8.26. The monoisotopic (exact) mass is 176 g/mol. The highest BCUT2D eigenvalue weighted by Gasteiger charge is 2.18. The molecular weight excluding hydrogens is 164 g/mol. The van der Waals surface area contributed by atoms with E-state index in [9.17, 15) is 4.79 Å². The second-order valence-corrected chi connectivity index (χ2v) is 3.29. The van der Waals surface area contributed by atoms with E-state index in [0.717, 1.165) is 18.5 Å². The number of aryl methyl sites for hydroxylation is 1. The van der Waals surface area contributed by atoms with Crippen LogP contribution in [0.2, 0.25) is 0 Å². The van der Waals surface area contributed by atoms with Gasteiger partial charge in [-0.05, 0) is 24.5 Å². The molecule has 0 unspecified atom stereocenters. The van der Waals surface area contributed by atoms with Crippen molar-refractivity contribution in [2.45, 2.75) is 18.9 Å². The Bertz CT molecular complexity index is 335. The van der Waals surface area contributed by atoms with Gasteiger partial charge in [-0.15, -0.1) is 0 Å². The topological polar surface area (TPSA) is 55.1 Å². The van der Waals surface area contributed by atoms with Crippen molar-refractivity contribution < 1.29 is 4.79 Å². The van der Waals surface area contributed by atoms with Crippen LogP contribution in [0.25, 0.3) is 0 Å². The summed E-state index contributed by atoms with van der Waals surface area (Å²) in [7, 11) is 0. The second-order valence-electron chi connectivity index (χ2n) is 3.29. The van der Waals surface area contributed by atoms with E-state index in [1.54, 1.807) is 0 Å². The van der Waals surface area contributed by atoms with Gasteiger partial charge in [0.25, 0.3) is 0 Å². The second kappa shape index (κ2) is 3.18. The number of anilines is 1. The summed E-state index contributed by atoms with van der Waals surface area (Å²) in [5.41, 5.74) is 7.72. The molecule has 0 saturated heterocycles. The molecule has 1 aliphatic rings. The molecule has 1 aromatic rings. The van der Waals surface area contributed by atoms with Crippen LogP contribution in [-0.2, 0) is 11.2 Å². The number of hydrogen-bond donors (Lipinski definition) is 2. The summed E-state index contributed by atoms with van der Waals surface area (Å²) in [5, 5.41) is 2.81. The van der Waals surface area contributed by atoms with Crippen LogP contribution >= 0.6 is 0 Å². The minimum atomic E-state index is -0.368. The Morgan fingerprint density at radius 3 is 3.00 bits per heavy atom. The van der Waals surface area contributed by atoms with Crippen molar-refractivity contribution in [1.29, 1.82) is 0 Å². The van der Waals surface area contributed by atoms with Gasteiger partial charge in [0.2, 0.25) is 5.91 Å². The van der Waals surface area contributed by atoms with Crippen molar-refractivity contribution in [3.63, 3.8) is 0 Å². The fourth-order valence-electron chi connectivity index (χ4n) is 1.53. The molecule has 1 heterocycles. The molecule has 1 aromatic carbocycles. The SMILES string of the molecule is N[C@@H]1CCc2ccccc2NC1=O. The highest BCUT2D eigenvalue weighted by molar-refractivity contribution is 5.96. The zero-order valence-electron chi connectivity index (χ0n) is 7.29. The molecule has 0 fully saturated rings. The summed E-state index contributed by atoms with van der Waals surface area (Å²) in [5.74, 6) is -0.0787. The zero-order valence-corrected chi connectivity index (χ0v) is 7.29. The lowest BCUT2D eigenvalue weighted by molar-refractivity contribution is -0.117. The number of rotatable bonds is 0. The van der Waals surface area contributed by atoms with E-state index < -0.39 is 0 Å². The molecule has 3 heteroatoms. The first-order valence-corrected chi connectivity index (χ1v) is 4.42. The minimum Gasteiger partial charge on any atom is -0.324 e. The summed E-state index contributed by atoms with van der Waals surface area (Å²) < 4.78 is 0. The molecule has 0 aliphatic carbocycles. The number of nitrogens with two attached hydrogens (primary N) is 1. The quantitative estimate of drug-likeness (QED) is 0.617. The van der Waals surface area contributed by atoms with Crippen molar-refractivity contribution in [2.75, 3.05) is 5.32 Å². The Labute approximate surface area is 76.9 Å². The van der Waals surface area contributed by atoms with Crippen LogP contribution in [0.1, 0.15) is 12.0 Å². The van der Waals surface area contributed by atoms with Gasteiger partial charge in [0, 0.05) is 5.69 Å². The number of benzene rings is 1. The Morgan fingerprint density at radius 1 is 1.38 bits per heavy atom. The fraction of sp³-hybridized carbons (Fsp3) is 0.300. The number of fused-ring (bicyclic) bond motifs is 1. The number of carbonyl (C=O) groups is 1. The van der Waals surface area contributed by atoms with Gasteiger partial charge in [-0.2, -0.15) is 0 Å². The summed E-state index contributed by atoms with van der Waals surface area (Å²) in [6, 6.07) is 7.45. The summed E-state index contributed by atoms with van der Waals surface area (Å²) in [6.07, 6.45) is 1.60. The van der Waals surface area contributed by atoms with E-state index in [1.807, 2.05) is 24.3 Å². The molecule has 0 aromatic heterocycles. The van der Waals surface area contributed by atoms with Crippen molar-refractivity contribution >= 4 is 11.6 Å². The first-order valence-electron chi connectivity index (χ1n) is 4.42. The van der Waals surface area contributed by atoms with Crippen LogP contribution < -0.4 is 11.1 Å². The van der Waals surface area contributed by atoms with Gasteiger partial charge in [0.1, 0.15) is 0 Å². The van der Waals surface area contributed by atoms with Gasteiger partial charge in [-0.3, -0.25) is 4.79 Å². The molecule has 1 amide bonds. The fourth-order valence-corrected chi connectivity index (χ4v) is 1.53. The Morgan fingerprint density at radius 2 is 2.15 bits per heavy atom. The van der Waals surface area contributed by atoms with Gasteiger partial charge in [-0.25, -0.2) is 0 Å². The van der Waals surface area contributed by atoms with E-state index in [2.05, 4.69) is 5.32 Å². The summed E-state index contributed by atoms with van der Waals surface area (Å²) in [4.78, 5) is 11.3. The third-order valence-corrected chi connectivity index (χ3v) is 2.34. The maximum atomic E-state index is 11.3. The maximum Gasteiger partial charge on any atom is 0.241 e. The predicted molar refractivity (Wildman–Crippen MR) is 51.4 cm³/mol. The van der Waals surface area contributed by atoms with Gasteiger partial charge in [0.05, 0.1) is 6.04 Å². The molecule has 0 radical (unpaired) electrons. The molecular formula is C10H12N2O. The molecule has 3 N–H and O–H groups in total. The van der Waals surface area contributed by atoms with Crippen LogP contribution in [0.4, 0.5) is 5.69 Å². The highest BCUT2D eigenvalue weighted by Crippen LogP contribution is 2.20. The largest absolute Gasteiger partial charge is 0.324 e. The normalized spacial score (nSPS) is 21.6. The van der Waals surface area contributed by atoms with Crippen molar-refractivity contribution in [3.05, 3.63) is 29.8 Å². The molecule has 2 rings (SSSR count). The van der Waals surface area contributed by atoms with Gasteiger partial charge < -0.3 is 11.1 Å². The molecule has 0 bridgehead atoms. The predicted octanol–water partition coefficient (Wildman–Crippen LogP) is 0.899. The molecule has 3 nitrogen and oxygen atoms in total. The van der Waals surface area contributed by atoms with E-state index in [-0.39, 0.29) is 11.9 Å². The lowest BCUT2D eigenvalue weighted by atomic mass is 10.1. The Balaban J connectivity index is 2.35. The van der Waals surface area contributed by atoms with Crippen molar-refractivity contribution in [2.24, 2.45) is 5.73 Å². The van der Waals surface area contributed by atoms with Gasteiger partial charge in [-0.1, -0.05) is 18.2 Å². The van der Waals surface area contributed by atoms with Crippen LogP contribution in [-0.4, -0.2) is 11.9 Å². The highest BCUT2D eigenvalue weighted by atomic mass is 16.2. The average molecular weight is 176 g/mol. The number of para-hydroxylation sites is 1. The number of nitrogens with one attached hydrogen (secondary N) is 1. The van der Waals surface area contributed by atoms with Gasteiger partial charge >= 0.3 is 0 Å². The molecule has 0 spiro atoms. The standard InChI is InChI=1S/C10H12N2O/c11-8-6-5-7-3-1-2-4-9(7)12-10(8)13/h1-4,8H,5-6,11H2,(H,12,13)/t8-/m1/s1. The lowest BCUT2D eigenvalue weighted by Crippen LogP contribution is -2.34. The summed E-state index contributed by atoms with van der Waals surface area (Å²) >= 11 is 0. The van der Waals surface area contributed by atoms with Crippen molar-refractivity contribution in [1.82, 2.24) is 0 Å². The van der Waals surface area contributed by atoms with Crippen LogP contribution in [0.5, 0.6) is 0 Å². The number of amides is 1. The summed E-state index contributed by atoms with van der Waals surface area (Å²) in [6.45, 7) is 0. The Hall–Kier alpha value is -1.35. The molecule has 1 aliphatic heterocycles. The van der Waals surface area contributed by atoms with Crippen LogP contribution in [0, 0.1) is 0 Å². The average Bonchev–Trinajstić information content (AvgIpc) is 2.28. The Kier molecular flexibility index (Phi) is 2.02. The molecule has 13 heavy (non-hydrogen) atoms. The van der Waals surface area contributed by atoms with Gasteiger partial charge in [0.15, 0.2) is 0 Å². The number of hydrogen-bond acceptors (Lipinski definition) is 2. The van der Waals surface area contributed by atoms with E-state index in [4.69, 9.17) is 5.73 Å². The smallest absolute Gasteiger partial charge is 0.241 e. The van der Waals surface area contributed by atoms with E-state index in [0.29, 0.717) is 0 Å². The minimum absolute atomic E-state index is 0.0787. The zero-order chi connectivity index (χ0) is 9.26. The molecule has 0 saturated carbocycles.